The van der Waals surface area contributed by atoms with Crippen LogP contribution in [0.25, 0.3) is 0 Å². The van der Waals surface area contributed by atoms with E-state index < -0.39 is 0 Å². The summed E-state index contributed by atoms with van der Waals surface area (Å²) in [6, 6.07) is 6.56. The van der Waals surface area contributed by atoms with Crippen molar-refractivity contribution in [1.82, 2.24) is 14.5 Å². The van der Waals surface area contributed by atoms with E-state index in [1.54, 1.807) is 0 Å². The maximum Gasteiger partial charge on any atom is 0.322 e. The lowest BCUT2D eigenvalue weighted by Crippen LogP contribution is -2.38. The van der Waals surface area contributed by atoms with Gasteiger partial charge in [0.2, 0.25) is 0 Å². The van der Waals surface area contributed by atoms with Gasteiger partial charge in [-0.15, -0.1) is 0 Å². The minimum atomic E-state index is -0.0160. The summed E-state index contributed by atoms with van der Waals surface area (Å²) in [7, 11) is 0. The molecule has 0 bridgehead atoms. The molecule has 5 heteroatoms. The number of urea groups is 1. The van der Waals surface area contributed by atoms with E-state index in [1.807, 2.05) is 36.6 Å². The Morgan fingerprint density at radius 2 is 2.18 bits per heavy atom. The molecule has 116 valence electrons. The third-order valence-corrected chi connectivity index (χ3v) is 4.22. The Hall–Kier alpha value is -2.30. The average Bonchev–Trinajstić information content (AvgIpc) is 3.00. The highest BCUT2D eigenvalue weighted by Crippen LogP contribution is 2.31. The van der Waals surface area contributed by atoms with Gasteiger partial charge in [-0.05, 0) is 36.1 Å². The summed E-state index contributed by atoms with van der Waals surface area (Å²) in [5.41, 5.74) is 3.34. The maximum absolute atomic E-state index is 11.9. The number of amides is 2. The molecule has 1 aromatic heterocycles. The van der Waals surface area contributed by atoms with Gasteiger partial charge in [-0.2, -0.15) is 0 Å². The van der Waals surface area contributed by atoms with Crippen molar-refractivity contribution in [2.75, 3.05) is 11.9 Å². The van der Waals surface area contributed by atoms with Gasteiger partial charge in [0.1, 0.15) is 0 Å². The number of carbonyl (C=O) groups excluding carboxylic acids is 1. The van der Waals surface area contributed by atoms with Crippen molar-refractivity contribution >= 4 is 11.7 Å². The molecule has 1 unspecified atom stereocenters. The van der Waals surface area contributed by atoms with Gasteiger partial charge in [0.25, 0.3) is 0 Å². The summed E-state index contributed by atoms with van der Waals surface area (Å²) < 4.78 is 2.14. The second kappa shape index (κ2) is 5.83. The number of nitrogens with zero attached hydrogens (tertiary/aromatic N) is 3. The Morgan fingerprint density at radius 3 is 2.82 bits per heavy atom. The molecule has 1 aromatic carbocycles. The number of imidazole rings is 1. The average molecular weight is 298 g/mol. The molecular formula is C17H22N4O. The van der Waals surface area contributed by atoms with E-state index in [9.17, 15) is 4.79 Å². The van der Waals surface area contributed by atoms with E-state index in [-0.39, 0.29) is 12.1 Å². The van der Waals surface area contributed by atoms with Crippen LogP contribution < -0.4 is 5.32 Å². The quantitative estimate of drug-likeness (QED) is 0.939. The van der Waals surface area contributed by atoms with Crippen molar-refractivity contribution in [3.63, 3.8) is 0 Å². The lowest BCUT2D eigenvalue weighted by Gasteiger charge is -2.30. The Balaban J connectivity index is 1.97. The largest absolute Gasteiger partial charge is 0.330 e. The normalized spacial score (nSPS) is 15.6. The lowest BCUT2D eigenvalue weighted by molar-refractivity contribution is 0.209. The minimum Gasteiger partial charge on any atom is -0.330 e. The predicted molar refractivity (Wildman–Crippen MR) is 86.7 cm³/mol. The van der Waals surface area contributed by atoms with Crippen molar-refractivity contribution in [2.24, 2.45) is 5.92 Å². The lowest BCUT2D eigenvalue weighted by atomic mass is 9.93. The van der Waals surface area contributed by atoms with Crippen LogP contribution in [-0.4, -0.2) is 27.0 Å². The monoisotopic (exact) mass is 298 g/mol. The first-order valence-corrected chi connectivity index (χ1v) is 7.76. The second-order valence-electron chi connectivity index (χ2n) is 6.06. The Kier molecular flexibility index (Phi) is 3.88. The number of rotatable bonds is 4. The predicted octanol–water partition coefficient (Wildman–Crippen LogP) is 3.50. The van der Waals surface area contributed by atoms with E-state index >= 15 is 0 Å². The van der Waals surface area contributed by atoms with Gasteiger partial charge in [0.15, 0.2) is 0 Å². The Morgan fingerprint density at radius 1 is 1.36 bits per heavy atom. The molecule has 2 heterocycles. The van der Waals surface area contributed by atoms with Crippen LogP contribution in [0.4, 0.5) is 10.5 Å². The second-order valence-corrected chi connectivity index (χ2v) is 6.06. The summed E-state index contributed by atoms with van der Waals surface area (Å²) in [6.45, 7) is 7.80. The molecule has 22 heavy (non-hydrogen) atoms. The van der Waals surface area contributed by atoms with Gasteiger partial charge < -0.3 is 14.8 Å². The van der Waals surface area contributed by atoms with Crippen molar-refractivity contribution < 1.29 is 4.79 Å². The molecule has 0 spiro atoms. The van der Waals surface area contributed by atoms with Crippen molar-refractivity contribution in [1.29, 1.82) is 0 Å². The highest BCUT2D eigenvalue weighted by molar-refractivity contribution is 5.92. The first kappa shape index (κ1) is 14.6. The summed E-state index contributed by atoms with van der Waals surface area (Å²) in [5, 5.41) is 2.96. The van der Waals surface area contributed by atoms with E-state index in [0.717, 1.165) is 5.69 Å². The van der Waals surface area contributed by atoms with Gasteiger partial charge in [-0.1, -0.05) is 19.9 Å². The number of benzene rings is 1. The third-order valence-electron chi connectivity index (χ3n) is 4.22. The fraction of sp³-hybridized carbons (Fsp3) is 0.412. The molecule has 0 aliphatic carbocycles. The van der Waals surface area contributed by atoms with Crippen LogP contribution in [0.5, 0.6) is 0 Å². The summed E-state index contributed by atoms with van der Waals surface area (Å²) in [4.78, 5) is 17.9. The van der Waals surface area contributed by atoms with E-state index in [2.05, 4.69) is 40.8 Å². The van der Waals surface area contributed by atoms with Crippen molar-refractivity contribution in [3.8, 4) is 0 Å². The van der Waals surface area contributed by atoms with Crippen LogP contribution in [0.1, 0.15) is 37.9 Å². The molecular weight excluding hydrogens is 276 g/mol. The van der Waals surface area contributed by atoms with E-state index in [4.69, 9.17) is 0 Å². The molecule has 0 saturated carbocycles. The van der Waals surface area contributed by atoms with Gasteiger partial charge in [-0.25, -0.2) is 9.78 Å². The molecule has 1 aliphatic rings. The molecule has 1 N–H and O–H groups in total. The summed E-state index contributed by atoms with van der Waals surface area (Å²) in [5.74, 6) is 0.452. The number of anilines is 1. The van der Waals surface area contributed by atoms with Crippen LogP contribution in [0.15, 0.2) is 36.9 Å². The molecule has 5 nitrogen and oxygen atoms in total. The first-order valence-electron chi connectivity index (χ1n) is 7.76. The fourth-order valence-electron chi connectivity index (χ4n) is 3.11. The van der Waals surface area contributed by atoms with Crippen LogP contribution in [-0.2, 0) is 6.54 Å². The van der Waals surface area contributed by atoms with Crippen LogP contribution in [0.2, 0.25) is 0 Å². The number of fused-ring (bicyclic) bond motifs is 1. The minimum absolute atomic E-state index is 0.0160. The molecule has 0 radical (unpaired) electrons. The van der Waals surface area contributed by atoms with Gasteiger partial charge in [0.05, 0.1) is 12.4 Å². The standard InChI is InChI=1S/C17H22N4O/c1-4-20-10-14-9-13(5-6-15(14)19-17(20)22)16(12(2)3)21-8-7-18-11-21/h5-9,11-12,16H,4,10H2,1-3H3,(H,19,22). The SMILES string of the molecule is CCN1Cc2cc(C(C(C)C)n3ccnc3)ccc2NC1=O. The number of hydrogen-bond donors (Lipinski definition) is 1. The van der Waals surface area contributed by atoms with Crippen LogP contribution in [0, 0.1) is 5.92 Å². The van der Waals surface area contributed by atoms with Crippen molar-refractivity contribution in [2.45, 2.75) is 33.4 Å². The van der Waals surface area contributed by atoms with E-state index in [1.165, 1.54) is 11.1 Å². The van der Waals surface area contributed by atoms with Crippen molar-refractivity contribution in [3.05, 3.63) is 48.0 Å². The molecule has 2 aromatic rings. The zero-order chi connectivity index (χ0) is 15.7. The summed E-state index contributed by atoms with van der Waals surface area (Å²) in [6.07, 6.45) is 5.68. The molecule has 2 amide bonds. The zero-order valence-corrected chi connectivity index (χ0v) is 13.3. The molecule has 1 atom stereocenters. The Bertz CT molecular complexity index is 663. The number of carbonyl (C=O) groups is 1. The highest BCUT2D eigenvalue weighted by atomic mass is 16.2. The van der Waals surface area contributed by atoms with Gasteiger partial charge in [-0.3, -0.25) is 0 Å². The zero-order valence-electron chi connectivity index (χ0n) is 13.3. The fourth-order valence-corrected chi connectivity index (χ4v) is 3.11. The highest BCUT2D eigenvalue weighted by Gasteiger charge is 2.24. The maximum atomic E-state index is 11.9. The number of hydrogen-bond acceptors (Lipinski definition) is 2. The Labute approximate surface area is 131 Å². The first-order chi connectivity index (χ1) is 10.6. The molecule has 0 saturated heterocycles. The topological polar surface area (TPSA) is 50.2 Å². The van der Waals surface area contributed by atoms with Crippen LogP contribution in [0.3, 0.4) is 0 Å². The van der Waals surface area contributed by atoms with Gasteiger partial charge in [0, 0.05) is 31.2 Å². The smallest absolute Gasteiger partial charge is 0.322 e. The van der Waals surface area contributed by atoms with E-state index in [0.29, 0.717) is 19.0 Å². The molecule has 1 aliphatic heterocycles. The van der Waals surface area contributed by atoms with Gasteiger partial charge >= 0.3 is 6.03 Å². The van der Waals surface area contributed by atoms with Crippen LogP contribution >= 0.6 is 0 Å². The number of aromatic nitrogens is 2. The molecule has 0 fully saturated rings. The number of nitrogens with one attached hydrogen (secondary N) is 1. The third kappa shape index (κ3) is 2.58. The summed E-state index contributed by atoms with van der Waals surface area (Å²) >= 11 is 0. The molecule has 3 rings (SSSR count).